The van der Waals surface area contributed by atoms with Crippen molar-refractivity contribution in [3.8, 4) is 10.4 Å². The minimum absolute atomic E-state index is 0. The third-order valence-corrected chi connectivity index (χ3v) is 3.74. The SMILES string of the molecule is O=S(=O)(O)c1ccc(-c2cccs2)cc1.[NaH]. The normalized spacial score (nSPS) is 10.8. The van der Waals surface area contributed by atoms with E-state index in [4.69, 9.17) is 4.55 Å². The fourth-order valence-electron chi connectivity index (χ4n) is 1.23. The zero-order chi connectivity index (χ0) is 10.9. The molecule has 0 spiro atoms. The van der Waals surface area contributed by atoms with Crippen molar-refractivity contribution in [1.29, 1.82) is 0 Å². The van der Waals surface area contributed by atoms with Crippen LogP contribution in [0.5, 0.6) is 0 Å². The Labute approximate surface area is 120 Å². The molecule has 0 saturated carbocycles. The maximum absolute atomic E-state index is 10.8. The van der Waals surface area contributed by atoms with Gasteiger partial charge in [0.05, 0.1) is 4.90 Å². The molecule has 0 amide bonds. The second-order valence-electron chi connectivity index (χ2n) is 2.98. The van der Waals surface area contributed by atoms with Gasteiger partial charge in [0.1, 0.15) is 0 Å². The predicted octanol–water partition coefficient (Wildman–Crippen LogP) is 2.01. The predicted molar refractivity (Wildman–Crippen MR) is 66.7 cm³/mol. The molecule has 1 N–H and O–H groups in total. The van der Waals surface area contributed by atoms with Gasteiger partial charge in [0.15, 0.2) is 0 Å². The third-order valence-electron chi connectivity index (χ3n) is 1.96. The van der Waals surface area contributed by atoms with E-state index in [2.05, 4.69) is 0 Å². The standard InChI is InChI=1S/C10H8O3S2.Na.H/c11-15(12,13)9-5-3-8(4-6-9)10-2-1-7-14-10;;/h1-7H,(H,11,12,13);;. The van der Waals surface area contributed by atoms with Crippen LogP contribution >= 0.6 is 11.3 Å². The van der Waals surface area contributed by atoms with Gasteiger partial charge in [-0.05, 0) is 29.1 Å². The first kappa shape index (κ1) is 13.9. The quantitative estimate of drug-likeness (QED) is 0.667. The molecular weight excluding hydrogens is 255 g/mol. The van der Waals surface area contributed by atoms with E-state index in [1.807, 2.05) is 17.5 Å². The van der Waals surface area contributed by atoms with Gasteiger partial charge in [-0.25, -0.2) is 0 Å². The molecule has 1 heterocycles. The van der Waals surface area contributed by atoms with E-state index in [-0.39, 0.29) is 34.5 Å². The second-order valence-corrected chi connectivity index (χ2v) is 5.35. The Bertz CT molecular complexity index is 544. The summed E-state index contributed by atoms with van der Waals surface area (Å²) in [4.78, 5) is 0.986. The Hall–Kier alpha value is -0.170. The molecular formula is C10H9NaO3S2. The van der Waals surface area contributed by atoms with Crippen LogP contribution in [0.4, 0.5) is 0 Å². The van der Waals surface area contributed by atoms with Crippen molar-refractivity contribution in [3.63, 3.8) is 0 Å². The molecule has 2 aromatic rings. The third kappa shape index (κ3) is 3.16. The summed E-state index contributed by atoms with van der Waals surface area (Å²) in [5.74, 6) is 0. The first-order valence-electron chi connectivity index (χ1n) is 4.19. The molecule has 2 rings (SSSR count). The van der Waals surface area contributed by atoms with Crippen LogP contribution in [0.2, 0.25) is 0 Å². The zero-order valence-electron chi connectivity index (χ0n) is 7.62. The van der Waals surface area contributed by atoms with Gasteiger partial charge < -0.3 is 0 Å². The Morgan fingerprint density at radius 1 is 1.06 bits per heavy atom. The zero-order valence-corrected chi connectivity index (χ0v) is 9.25. The molecule has 0 bridgehead atoms. The summed E-state index contributed by atoms with van der Waals surface area (Å²) >= 11 is 1.58. The first-order chi connectivity index (χ1) is 7.07. The fourth-order valence-corrected chi connectivity index (χ4v) is 2.45. The molecule has 16 heavy (non-hydrogen) atoms. The van der Waals surface area contributed by atoms with Gasteiger partial charge in [-0.1, -0.05) is 18.2 Å². The molecule has 0 aliphatic rings. The monoisotopic (exact) mass is 264 g/mol. The molecule has 0 atom stereocenters. The number of hydrogen-bond acceptors (Lipinski definition) is 3. The van der Waals surface area contributed by atoms with Crippen LogP contribution in [0.3, 0.4) is 0 Å². The summed E-state index contributed by atoms with van der Waals surface area (Å²) in [6.45, 7) is 0. The van der Waals surface area contributed by atoms with Crippen LogP contribution in [0.1, 0.15) is 0 Å². The molecule has 0 unspecified atom stereocenters. The van der Waals surface area contributed by atoms with E-state index in [1.165, 1.54) is 12.1 Å². The van der Waals surface area contributed by atoms with Crippen LogP contribution in [0.15, 0.2) is 46.7 Å². The van der Waals surface area contributed by atoms with E-state index >= 15 is 0 Å². The Kier molecular flexibility index (Phi) is 4.73. The topological polar surface area (TPSA) is 54.4 Å². The minimum atomic E-state index is -4.08. The van der Waals surface area contributed by atoms with Crippen molar-refractivity contribution in [2.24, 2.45) is 0 Å². The van der Waals surface area contributed by atoms with Gasteiger partial charge in [0.25, 0.3) is 10.1 Å². The molecule has 1 aromatic carbocycles. The number of hydrogen-bond donors (Lipinski definition) is 1. The van der Waals surface area contributed by atoms with Gasteiger partial charge in [-0.3, -0.25) is 4.55 Å². The van der Waals surface area contributed by atoms with Gasteiger partial charge in [0, 0.05) is 4.88 Å². The van der Waals surface area contributed by atoms with E-state index in [9.17, 15) is 8.42 Å². The maximum atomic E-state index is 10.8. The summed E-state index contributed by atoms with van der Waals surface area (Å²) in [6, 6.07) is 10.0. The number of benzene rings is 1. The van der Waals surface area contributed by atoms with Crippen LogP contribution in [-0.2, 0) is 10.1 Å². The second kappa shape index (κ2) is 5.44. The summed E-state index contributed by atoms with van der Waals surface area (Å²) in [5.41, 5.74) is 0.942. The Balaban J connectivity index is 0.00000128. The number of thiophene rings is 1. The summed E-state index contributed by atoms with van der Waals surface area (Å²) < 4.78 is 30.4. The van der Waals surface area contributed by atoms with Crippen LogP contribution in [0.25, 0.3) is 10.4 Å². The molecule has 1 aromatic heterocycles. The van der Waals surface area contributed by atoms with E-state index in [0.717, 1.165) is 10.4 Å². The van der Waals surface area contributed by atoms with Gasteiger partial charge >= 0.3 is 29.6 Å². The molecule has 0 aliphatic carbocycles. The first-order valence-corrected chi connectivity index (χ1v) is 6.51. The van der Waals surface area contributed by atoms with Crippen molar-refractivity contribution in [3.05, 3.63) is 41.8 Å². The Morgan fingerprint density at radius 3 is 2.12 bits per heavy atom. The number of rotatable bonds is 2. The molecule has 6 heteroatoms. The van der Waals surface area contributed by atoms with Gasteiger partial charge in [0.2, 0.25) is 0 Å². The van der Waals surface area contributed by atoms with Crippen LogP contribution in [0, 0.1) is 0 Å². The van der Waals surface area contributed by atoms with Gasteiger partial charge in [-0.15, -0.1) is 11.3 Å². The average Bonchev–Trinajstić information content (AvgIpc) is 2.69. The van der Waals surface area contributed by atoms with Crippen molar-refractivity contribution in [1.82, 2.24) is 0 Å². The van der Waals surface area contributed by atoms with Crippen molar-refractivity contribution < 1.29 is 13.0 Å². The van der Waals surface area contributed by atoms with Crippen molar-refractivity contribution in [2.45, 2.75) is 4.90 Å². The average molecular weight is 264 g/mol. The molecule has 3 nitrogen and oxygen atoms in total. The molecule has 0 fully saturated rings. The van der Waals surface area contributed by atoms with Crippen LogP contribution < -0.4 is 0 Å². The molecule has 0 aliphatic heterocycles. The fraction of sp³-hybridized carbons (Fsp3) is 0. The summed E-state index contributed by atoms with van der Waals surface area (Å²) in [7, 11) is -4.08. The molecule has 80 valence electrons. The Morgan fingerprint density at radius 2 is 1.69 bits per heavy atom. The van der Waals surface area contributed by atoms with E-state index in [1.54, 1.807) is 23.5 Å². The van der Waals surface area contributed by atoms with Crippen LogP contribution in [-0.4, -0.2) is 42.5 Å². The van der Waals surface area contributed by atoms with Gasteiger partial charge in [-0.2, -0.15) is 8.42 Å². The van der Waals surface area contributed by atoms with E-state index < -0.39 is 10.1 Å². The van der Waals surface area contributed by atoms with E-state index in [0.29, 0.717) is 0 Å². The van der Waals surface area contributed by atoms with Crippen molar-refractivity contribution in [2.75, 3.05) is 0 Å². The van der Waals surface area contributed by atoms with Crippen molar-refractivity contribution >= 4 is 51.0 Å². The molecule has 0 radical (unpaired) electrons. The summed E-state index contributed by atoms with van der Waals surface area (Å²) in [6.07, 6.45) is 0. The molecule has 0 saturated heterocycles. The summed E-state index contributed by atoms with van der Waals surface area (Å²) in [5, 5.41) is 1.95.